The Morgan fingerprint density at radius 2 is 1.81 bits per heavy atom. The van der Waals surface area contributed by atoms with E-state index in [0.29, 0.717) is 13.0 Å². The van der Waals surface area contributed by atoms with E-state index in [1.165, 1.54) is 0 Å². The summed E-state index contributed by atoms with van der Waals surface area (Å²) in [7, 11) is 1.69. The zero-order valence-electron chi connectivity index (χ0n) is 15.6. The Labute approximate surface area is 156 Å². The first-order chi connectivity index (χ1) is 12.7. The number of nitrogens with zero attached hydrogens (tertiary/aromatic N) is 1. The lowest BCUT2D eigenvalue weighted by molar-refractivity contribution is 0.183. The van der Waals surface area contributed by atoms with Crippen molar-refractivity contribution in [3.8, 4) is 5.75 Å². The van der Waals surface area contributed by atoms with Gasteiger partial charge in [-0.15, -0.1) is 0 Å². The van der Waals surface area contributed by atoms with Crippen molar-refractivity contribution in [2.24, 2.45) is 4.99 Å². The Hall–Kier alpha value is -2.53. The molecule has 3 N–H and O–H groups in total. The maximum absolute atomic E-state index is 10.2. The van der Waals surface area contributed by atoms with E-state index in [2.05, 4.69) is 21.7 Å². The minimum Gasteiger partial charge on any atom is -0.496 e. The number of methoxy groups -OCH3 is 1. The minimum absolute atomic E-state index is 0.360. The number of aliphatic imine (C=N–C) groups is 1. The zero-order valence-corrected chi connectivity index (χ0v) is 15.6. The van der Waals surface area contributed by atoms with Gasteiger partial charge in [0.2, 0.25) is 0 Å². The molecule has 2 rings (SSSR count). The molecule has 1 unspecified atom stereocenters. The molecule has 5 nitrogen and oxygen atoms in total. The Bertz CT molecular complexity index is 674. The van der Waals surface area contributed by atoms with Gasteiger partial charge in [-0.2, -0.15) is 0 Å². The molecular weight excluding hydrogens is 326 g/mol. The number of aliphatic hydroxyl groups excluding tert-OH is 1. The maximum Gasteiger partial charge on any atom is 0.191 e. The lowest BCUT2D eigenvalue weighted by Gasteiger charge is -2.14. The predicted octanol–water partition coefficient (Wildman–Crippen LogP) is 2.40. The van der Waals surface area contributed by atoms with Crippen molar-refractivity contribution in [2.45, 2.75) is 25.9 Å². The summed E-state index contributed by atoms with van der Waals surface area (Å²) >= 11 is 0. The molecule has 0 saturated heterocycles. The van der Waals surface area contributed by atoms with E-state index in [0.717, 1.165) is 42.3 Å². The van der Waals surface area contributed by atoms with Crippen LogP contribution >= 0.6 is 0 Å². The number of nitrogens with one attached hydrogen (secondary N) is 2. The van der Waals surface area contributed by atoms with E-state index in [1.54, 1.807) is 7.11 Å². The molecular formula is C21H29N3O2. The van der Waals surface area contributed by atoms with Crippen molar-refractivity contribution in [1.29, 1.82) is 0 Å². The van der Waals surface area contributed by atoms with Crippen LogP contribution < -0.4 is 15.4 Å². The van der Waals surface area contributed by atoms with Crippen molar-refractivity contribution < 1.29 is 9.84 Å². The second-order valence-corrected chi connectivity index (χ2v) is 6.05. The minimum atomic E-state index is -0.498. The van der Waals surface area contributed by atoms with Crippen molar-refractivity contribution in [3.05, 3.63) is 65.7 Å². The largest absolute Gasteiger partial charge is 0.496 e. The van der Waals surface area contributed by atoms with Gasteiger partial charge in [-0.3, -0.25) is 4.99 Å². The highest BCUT2D eigenvalue weighted by molar-refractivity contribution is 5.79. The second-order valence-electron chi connectivity index (χ2n) is 6.05. The average molecular weight is 355 g/mol. The van der Waals surface area contributed by atoms with Crippen LogP contribution in [0.15, 0.2) is 59.6 Å². The lowest BCUT2D eigenvalue weighted by atomic mass is 10.1. The van der Waals surface area contributed by atoms with Gasteiger partial charge < -0.3 is 20.5 Å². The van der Waals surface area contributed by atoms with Crippen LogP contribution in [0, 0.1) is 0 Å². The molecule has 2 aromatic carbocycles. The predicted molar refractivity (Wildman–Crippen MR) is 107 cm³/mol. The molecule has 0 saturated carbocycles. The molecule has 5 heteroatoms. The molecule has 0 heterocycles. The molecule has 0 aliphatic carbocycles. The number of hydrogen-bond acceptors (Lipinski definition) is 3. The highest BCUT2D eigenvalue weighted by Crippen LogP contribution is 2.17. The molecule has 0 spiro atoms. The summed E-state index contributed by atoms with van der Waals surface area (Å²) in [6, 6.07) is 18.0. The third kappa shape index (κ3) is 6.76. The summed E-state index contributed by atoms with van der Waals surface area (Å²) in [5.74, 6) is 1.61. The molecule has 0 bridgehead atoms. The van der Waals surface area contributed by atoms with Gasteiger partial charge >= 0.3 is 0 Å². The number of rotatable bonds is 9. The summed E-state index contributed by atoms with van der Waals surface area (Å²) in [6.07, 6.45) is 0.938. The fourth-order valence-corrected chi connectivity index (χ4v) is 2.71. The van der Waals surface area contributed by atoms with E-state index < -0.39 is 6.10 Å². The quantitative estimate of drug-likeness (QED) is 0.477. The number of ether oxygens (including phenoxy) is 1. The highest BCUT2D eigenvalue weighted by atomic mass is 16.5. The maximum atomic E-state index is 10.2. The molecule has 0 aliphatic heterocycles. The van der Waals surface area contributed by atoms with Gasteiger partial charge in [0.15, 0.2) is 5.96 Å². The fourth-order valence-electron chi connectivity index (χ4n) is 2.71. The van der Waals surface area contributed by atoms with E-state index >= 15 is 0 Å². The molecule has 0 fully saturated rings. The zero-order chi connectivity index (χ0) is 18.6. The van der Waals surface area contributed by atoms with Gasteiger partial charge in [0.25, 0.3) is 0 Å². The van der Waals surface area contributed by atoms with E-state index in [-0.39, 0.29) is 0 Å². The van der Waals surface area contributed by atoms with Crippen LogP contribution in [0.2, 0.25) is 0 Å². The Morgan fingerprint density at radius 3 is 2.54 bits per heavy atom. The lowest BCUT2D eigenvalue weighted by Crippen LogP contribution is -2.39. The van der Waals surface area contributed by atoms with Gasteiger partial charge in [0.05, 0.1) is 19.8 Å². The first kappa shape index (κ1) is 19.8. The average Bonchev–Trinajstić information content (AvgIpc) is 2.67. The van der Waals surface area contributed by atoms with E-state index in [4.69, 9.17) is 4.74 Å². The number of benzene rings is 2. The third-order valence-corrected chi connectivity index (χ3v) is 4.00. The highest BCUT2D eigenvalue weighted by Gasteiger charge is 2.06. The molecule has 2 aromatic rings. The summed E-state index contributed by atoms with van der Waals surface area (Å²) in [6.45, 7) is 3.90. The Kier molecular flexibility index (Phi) is 8.49. The number of guanidine groups is 1. The standard InChI is InChI=1S/C21H29N3O2/c1-3-22-21(23-14-13-18-11-7-8-12-20(18)26-2)24-16-19(25)15-17-9-5-4-6-10-17/h4-12,19,25H,3,13-16H2,1-2H3,(H2,22,23,24). The number of para-hydroxylation sites is 1. The molecule has 0 aliphatic rings. The Balaban J connectivity index is 1.84. The smallest absolute Gasteiger partial charge is 0.191 e. The third-order valence-electron chi connectivity index (χ3n) is 4.00. The first-order valence-electron chi connectivity index (χ1n) is 9.09. The summed E-state index contributed by atoms with van der Waals surface area (Å²) in [5.41, 5.74) is 2.27. The normalized spacial score (nSPS) is 12.5. The van der Waals surface area contributed by atoms with Gasteiger partial charge in [-0.25, -0.2) is 0 Å². The van der Waals surface area contributed by atoms with Gasteiger partial charge in [0, 0.05) is 19.5 Å². The van der Waals surface area contributed by atoms with Crippen LogP contribution in [-0.4, -0.2) is 43.9 Å². The second kappa shape index (κ2) is 11.2. The van der Waals surface area contributed by atoms with Crippen LogP contribution in [0.5, 0.6) is 5.75 Å². The van der Waals surface area contributed by atoms with E-state index in [9.17, 15) is 5.11 Å². The molecule has 26 heavy (non-hydrogen) atoms. The molecule has 0 amide bonds. The van der Waals surface area contributed by atoms with Crippen LogP contribution in [0.25, 0.3) is 0 Å². The van der Waals surface area contributed by atoms with Gasteiger partial charge in [-0.05, 0) is 30.5 Å². The molecule has 0 radical (unpaired) electrons. The van der Waals surface area contributed by atoms with Gasteiger partial charge in [-0.1, -0.05) is 48.5 Å². The monoisotopic (exact) mass is 355 g/mol. The first-order valence-corrected chi connectivity index (χ1v) is 9.09. The summed E-state index contributed by atoms with van der Waals surface area (Å²) < 4.78 is 5.38. The fraction of sp³-hybridized carbons (Fsp3) is 0.381. The molecule has 0 aromatic heterocycles. The van der Waals surface area contributed by atoms with Crippen LogP contribution in [-0.2, 0) is 12.8 Å². The van der Waals surface area contributed by atoms with Crippen LogP contribution in [0.3, 0.4) is 0 Å². The summed E-state index contributed by atoms with van der Waals surface area (Å²) in [4.78, 5) is 4.50. The van der Waals surface area contributed by atoms with Gasteiger partial charge in [0.1, 0.15) is 5.75 Å². The van der Waals surface area contributed by atoms with E-state index in [1.807, 2.05) is 55.5 Å². The van der Waals surface area contributed by atoms with Crippen molar-refractivity contribution in [2.75, 3.05) is 26.7 Å². The molecule has 140 valence electrons. The Morgan fingerprint density at radius 1 is 1.08 bits per heavy atom. The molecule has 1 atom stereocenters. The van der Waals surface area contributed by atoms with Crippen LogP contribution in [0.4, 0.5) is 0 Å². The SMILES string of the molecule is CCNC(=NCC(O)Cc1ccccc1)NCCc1ccccc1OC. The van der Waals surface area contributed by atoms with Crippen molar-refractivity contribution in [3.63, 3.8) is 0 Å². The summed E-state index contributed by atoms with van der Waals surface area (Å²) in [5, 5.41) is 16.7. The van der Waals surface area contributed by atoms with Crippen molar-refractivity contribution in [1.82, 2.24) is 10.6 Å². The van der Waals surface area contributed by atoms with Crippen LogP contribution in [0.1, 0.15) is 18.1 Å². The topological polar surface area (TPSA) is 65.9 Å². The van der Waals surface area contributed by atoms with Crippen molar-refractivity contribution >= 4 is 5.96 Å². The number of hydrogen-bond donors (Lipinski definition) is 3. The number of aliphatic hydroxyl groups is 1.